The third kappa shape index (κ3) is 5.20. The molecule has 0 aliphatic heterocycles. The van der Waals surface area contributed by atoms with Gasteiger partial charge in [-0.05, 0) is 57.7 Å². The lowest BCUT2D eigenvalue weighted by atomic mass is 9.85. The molecule has 0 amide bonds. The normalized spacial score (nSPS) is 22.3. The number of sulfone groups is 1. The van der Waals surface area contributed by atoms with Gasteiger partial charge in [-0.1, -0.05) is 6.07 Å². The number of rotatable bonds is 5. The average Bonchev–Trinajstić information content (AvgIpc) is 2.59. The monoisotopic (exact) mass is 431 g/mol. The Morgan fingerprint density at radius 1 is 1.00 bits per heavy atom. The van der Waals surface area contributed by atoms with Gasteiger partial charge in [0.15, 0.2) is 9.84 Å². The highest BCUT2D eigenvalue weighted by Gasteiger charge is 2.42. The zero-order valence-corrected chi connectivity index (χ0v) is 16.3. The van der Waals surface area contributed by atoms with Crippen molar-refractivity contribution in [1.82, 2.24) is 5.32 Å². The van der Waals surface area contributed by atoms with Crippen LogP contribution in [-0.4, -0.2) is 31.9 Å². The van der Waals surface area contributed by atoms with Crippen molar-refractivity contribution in [2.45, 2.75) is 67.6 Å². The van der Waals surface area contributed by atoms with E-state index in [-0.39, 0.29) is 38.3 Å². The molecule has 1 aromatic rings. The molecule has 0 heterocycles. The predicted molar refractivity (Wildman–Crippen MR) is 92.5 cm³/mol. The molecule has 3 nitrogen and oxygen atoms in total. The lowest BCUT2D eigenvalue weighted by molar-refractivity contribution is -0.182. The number of nitrogens with one attached hydrogen (secondary N) is 1. The van der Waals surface area contributed by atoms with Gasteiger partial charge in [0.25, 0.3) is 0 Å². The Labute approximate surface area is 160 Å². The SMILES string of the molecule is CC(C)(CN[C@H]1CC[C@@H](C(F)(F)F)CC1)S(=O)(=O)c1cccc(C(F)(F)F)c1. The molecule has 0 aromatic heterocycles. The van der Waals surface area contributed by atoms with E-state index in [4.69, 9.17) is 0 Å². The van der Waals surface area contributed by atoms with Crippen LogP contribution < -0.4 is 5.32 Å². The summed E-state index contributed by atoms with van der Waals surface area (Å²) in [6.45, 7) is 2.70. The van der Waals surface area contributed by atoms with Crippen molar-refractivity contribution in [3.63, 3.8) is 0 Å². The summed E-state index contributed by atoms with van der Waals surface area (Å²) >= 11 is 0. The third-order valence-corrected chi connectivity index (χ3v) is 7.68. The fraction of sp³-hybridized carbons (Fsp3) is 0.667. The predicted octanol–water partition coefficient (Wildman–Crippen LogP) is 4.97. The second-order valence-electron chi connectivity index (χ2n) is 7.76. The lowest BCUT2D eigenvalue weighted by Gasteiger charge is -2.33. The topological polar surface area (TPSA) is 46.2 Å². The third-order valence-electron chi connectivity index (χ3n) is 5.21. The molecule has 1 aliphatic carbocycles. The quantitative estimate of drug-likeness (QED) is 0.670. The number of benzene rings is 1. The van der Waals surface area contributed by atoms with Crippen LogP contribution in [0.2, 0.25) is 0 Å². The van der Waals surface area contributed by atoms with Crippen molar-refractivity contribution in [2.75, 3.05) is 6.54 Å². The van der Waals surface area contributed by atoms with Gasteiger partial charge in [-0.2, -0.15) is 26.3 Å². The second kappa shape index (κ2) is 7.85. The number of hydrogen-bond acceptors (Lipinski definition) is 3. The molecule has 0 saturated heterocycles. The van der Waals surface area contributed by atoms with Crippen LogP contribution in [0.4, 0.5) is 26.3 Å². The number of hydrogen-bond donors (Lipinski definition) is 1. The van der Waals surface area contributed by atoms with Crippen LogP contribution >= 0.6 is 0 Å². The smallest absolute Gasteiger partial charge is 0.312 e. The maximum absolute atomic E-state index is 12.9. The molecule has 28 heavy (non-hydrogen) atoms. The fourth-order valence-electron chi connectivity index (χ4n) is 3.27. The van der Waals surface area contributed by atoms with E-state index in [2.05, 4.69) is 5.32 Å². The van der Waals surface area contributed by atoms with Gasteiger partial charge >= 0.3 is 12.4 Å². The first-order valence-electron chi connectivity index (χ1n) is 8.86. The summed E-state index contributed by atoms with van der Waals surface area (Å²) in [5, 5.41) is 2.99. The first-order valence-corrected chi connectivity index (χ1v) is 10.3. The molecule has 0 atom stereocenters. The summed E-state index contributed by atoms with van der Waals surface area (Å²) < 4.78 is 101. The van der Waals surface area contributed by atoms with Crippen LogP contribution in [0.25, 0.3) is 0 Å². The minimum Gasteiger partial charge on any atom is -0.312 e. The van der Waals surface area contributed by atoms with Crippen molar-refractivity contribution >= 4 is 9.84 Å². The standard InChI is InChI=1S/C18H23F6NO2S/c1-16(2,11-25-14-8-6-12(7-9-14)17(19,20)21)28(26,27)15-5-3-4-13(10-15)18(22,23)24/h3-5,10,12,14,25H,6-9,11H2,1-2H3/t12-,14+. The molecular formula is C18H23F6NO2S. The van der Waals surface area contributed by atoms with Crippen LogP contribution in [0.5, 0.6) is 0 Å². The van der Waals surface area contributed by atoms with Crippen LogP contribution in [0, 0.1) is 5.92 Å². The molecule has 160 valence electrons. The van der Waals surface area contributed by atoms with Gasteiger partial charge in [0.1, 0.15) is 0 Å². The van der Waals surface area contributed by atoms with Crippen LogP contribution in [0.1, 0.15) is 45.1 Å². The first kappa shape index (κ1) is 23.0. The van der Waals surface area contributed by atoms with Crippen LogP contribution in [0.3, 0.4) is 0 Å². The maximum atomic E-state index is 12.9. The fourth-order valence-corrected chi connectivity index (χ4v) is 4.72. The first-order chi connectivity index (χ1) is 12.6. The molecule has 10 heteroatoms. The summed E-state index contributed by atoms with van der Waals surface area (Å²) in [5.74, 6) is -1.34. The molecule has 1 saturated carbocycles. The Balaban J connectivity index is 2.06. The zero-order chi connectivity index (χ0) is 21.4. The molecule has 0 unspecified atom stereocenters. The number of halogens is 6. The molecule has 1 fully saturated rings. The summed E-state index contributed by atoms with van der Waals surface area (Å²) in [7, 11) is -4.10. The minimum atomic E-state index is -4.66. The Morgan fingerprint density at radius 2 is 1.57 bits per heavy atom. The molecule has 2 rings (SSSR count). The molecule has 1 aliphatic rings. The largest absolute Gasteiger partial charge is 0.416 e. The average molecular weight is 431 g/mol. The summed E-state index contributed by atoms with van der Waals surface area (Å²) in [4.78, 5) is -0.435. The van der Waals surface area contributed by atoms with Crippen molar-refractivity contribution in [3.8, 4) is 0 Å². The van der Waals surface area contributed by atoms with Crippen molar-refractivity contribution in [1.29, 1.82) is 0 Å². The van der Waals surface area contributed by atoms with Gasteiger partial charge in [-0.15, -0.1) is 0 Å². The molecule has 0 bridgehead atoms. The van der Waals surface area contributed by atoms with Crippen molar-refractivity contribution in [2.24, 2.45) is 5.92 Å². The minimum absolute atomic E-state index is 0.0258. The van der Waals surface area contributed by atoms with E-state index in [0.29, 0.717) is 6.07 Å². The Bertz CT molecular complexity index is 778. The zero-order valence-electron chi connectivity index (χ0n) is 15.5. The maximum Gasteiger partial charge on any atom is 0.416 e. The van der Waals surface area contributed by atoms with Crippen LogP contribution in [-0.2, 0) is 16.0 Å². The van der Waals surface area contributed by atoms with Crippen molar-refractivity contribution in [3.05, 3.63) is 29.8 Å². The summed E-state index contributed by atoms with van der Waals surface area (Å²) in [6, 6.07) is 3.29. The van der Waals surface area contributed by atoms with E-state index in [1.54, 1.807) is 0 Å². The van der Waals surface area contributed by atoms with Gasteiger partial charge in [0.2, 0.25) is 0 Å². The van der Waals surface area contributed by atoms with Gasteiger partial charge in [0.05, 0.1) is 21.1 Å². The van der Waals surface area contributed by atoms with Gasteiger partial charge < -0.3 is 5.32 Å². The highest BCUT2D eigenvalue weighted by molar-refractivity contribution is 7.92. The van der Waals surface area contributed by atoms with E-state index in [1.807, 2.05) is 0 Å². The van der Waals surface area contributed by atoms with Crippen LogP contribution in [0.15, 0.2) is 29.2 Å². The Kier molecular flexibility index (Phi) is 6.45. The number of alkyl halides is 6. The highest BCUT2D eigenvalue weighted by atomic mass is 32.2. The highest BCUT2D eigenvalue weighted by Crippen LogP contribution is 2.38. The van der Waals surface area contributed by atoms with Gasteiger partial charge in [0, 0.05) is 12.6 Å². The Morgan fingerprint density at radius 3 is 2.07 bits per heavy atom. The second-order valence-corrected chi connectivity index (χ2v) is 10.3. The molecule has 1 N–H and O–H groups in total. The molecule has 0 radical (unpaired) electrons. The lowest BCUT2D eigenvalue weighted by Crippen LogP contribution is -2.47. The van der Waals surface area contributed by atoms with Gasteiger partial charge in [-0.3, -0.25) is 0 Å². The van der Waals surface area contributed by atoms with Gasteiger partial charge in [-0.25, -0.2) is 8.42 Å². The van der Waals surface area contributed by atoms with Crippen molar-refractivity contribution < 1.29 is 34.8 Å². The Hall–Kier alpha value is -1.29. The van der Waals surface area contributed by atoms with E-state index in [1.165, 1.54) is 13.8 Å². The summed E-state index contributed by atoms with van der Waals surface area (Å²) in [6.07, 6.45) is -8.40. The summed E-state index contributed by atoms with van der Waals surface area (Å²) in [5.41, 5.74) is -1.05. The molecule has 1 aromatic carbocycles. The van der Waals surface area contributed by atoms with E-state index in [0.717, 1.165) is 18.2 Å². The van der Waals surface area contributed by atoms with E-state index >= 15 is 0 Å². The molecular weight excluding hydrogens is 408 g/mol. The van der Waals surface area contributed by atoms with E-state index < -0.39 is 43.3 Å². The van der Waals surface area contributed by atoms with E-state index in [9.17, 15) is 34.8 Å². The molecule has 0 spiro atoms.